The molecule has 2 aromatic rings. The molecule has 4 N–H and O–H groups in total. The van der Waals surface area contributed by atoms with Crippen LogP contribution in [0.2, 0.25) is 0 Å². The molecule has 1 aliphatic rings. The molecule has 1 aliphatic heterocycles. The lowest BCUT2D eigenvalue weighted by Crippen LogP contribution is -2.41. The first kappa shape index (κ1) is 15.2. The van der Waals surface area contributed by atoms with Crippen molar-refractivity contribution in [2.24, 2.45) is 0 Å². The smallest absolute Gasteiger partial charge is 0.305 e. The highest BCUT2D eigenvalue weighted by molar-refractivity contribution is 5.67. The highest BCUT2D eigenvalue weighted by atomic mass is 16.7. The number of ether oxygens (including phenoxy) is 2. The van der Waals surface area contributed by atoms with Crippen molar-refractivity contribution in [3.05, 3.63) is 24.2 Å². The molecule has 4 atom stereocenters. The second-order valence-corrected chi connectivity index (χ2v) is 5.04. The van der Waals surface area contributed by atoms with E-state index in [-0.39, 0.29) is 11.5 Å². The summed E-state index contributed by atoms with van der Waals surface area (Å²) in [6.45, 7) is 1.12. The Kier molecular flexibility index (Phi) is 3.41. The van der Waals surface area contributed by atoms with Gasteiger partial charge in [-0.1, -0.05) is 0 Å². The molecule has 0 aromatic carbocycles. The van der Waals surface area contributed by atoms with Gasteiger partial charge in [0, 0.05) is 6.92 Å². The Morgan fingerprint density at radius 3 is 2.96 bits per heavy atom. The molecule has 0 amide bonds. The van der Waals surface area contributed by atoms with Gasteiger partial charge < -0.3 is 25.4 Å². The summed E-state index contributed by atoms with van der Waals surface area (Å²) in [5.74, 6) is -0.550. The quantitative estimate of drug-likeness (QED) is 0.571. The number of aromatic nitrogens is 3. The third-order valence-corrected chi connectivity index (χ3v) is 3.63. The maximum atomic E-state index is 11.1. The Bertz CT molecular complexity index is 815. The Morgan fingerprint density at radius 2 is 2.30 bits per heavy atom. The number of nitrogens with two attached hydrogens (primary N) is 1. The number of carbonyl (C=O) groups is 1. The molecule has 0 saturated carbocycles. The van der Waals surface area contributed by atoms with Crippen LogP contribution in [0.1, 0.15) is 12.6 Å². The number of carbonyl (C=O) groups excluding carboxylic acids is 1. The number of hydrogen-bond acceptors (Lipinski definition) is 9. The third-order valence-electron chi connectivity index (χ3n) is 3.63. The predicted molar refractivity (Wildman–Crippen MR) is 73.3 cm³/mol. The summed E-state index contributed by atoms with van der Waals surface area (Å²) in [5.41, 5.74) is 4.28. The first-order valence-corrected chi connectivity index (χ1v) is 6.62. The van der Waals surface area contributed by atoms with E-state index in [2.05, 4.69) is 10.1 Å². The van der Waals surface area contributed by atoms with Crippen LogP contribution in [-0.4, -0.2) is 49.3 Å². The Hall–Kier alpha value is -2.74. The lowest BCUT2D eigenvalue weighted by atomic mass is 9.93. The number of hydrogen-bond donors (Lipinski definition) is 3. The van der Waals surface area contributed by atoms with Crippen LogP contribution in [0.15, 0.2) is 18.5 Å². The van der Waals surface area contributed by atoms with Crippen LogP contribution in [0.4, 0.5) is 5.82 Å². The van der Waals surface area contributed by atoms with Crippen molar-refractivity contribution in [1.82, 2.24) is 14.6 Å². The fourth-order valence-corrected chi connectivity index (χ4v) is 2.56. The van der Waals surface area contributed by atoms with Gasteiger partial charge in [0.1, 0.15) is 30.1 Å². The number of nitrogen functional groups attached to an aromatic ring is 1. The number of esters is 1. The maximum Gasteiger partial charge on any atom is 0.305 e. The molecule has 0 aliphatic carbocycles. The number of nitriles is 1. The summed E-state index contributed by atoms with van der Waals surface area (Å²) in [4.78, 5) is 14.9. The van der Waals surface area contributed by atoms with Crippen LogP contribution >= 0.6 is 0 Å². The lowest BCUT2D eigenvalue weighted by molar-refractivity contribution is -0.193. The largest absolute Gasteiger partial charge is 0.433 e. The summed E-state index contributed by atoms with van der Waals surface area (Å²) < 4.78 is 11.5. The SMILES string of the molecule is CC(=O)O[C@H]1O[C@@](C#N)(c2ccc3c(N)ncnn23)[C@H](O)[C@@H]1O. The molecule has 1 saturated heterocycles. The molecule has 3 heterocycles. The molecule has 0 spiro atoms. The van der Waals surface area contributed by atoms with Gasteiger partial charge in [-0.3, -0.25) is 4.79 Å². The van der Waals surface area contributed by atoms with Crippen LogP contribution in [0, 0.1) is 11.3 Å². The van der Waals surface area contributed by atoms with Crippen molar-refractivity contribution >= 4 is 17.3 Å². The van der Waals surface area contributed by atoms with E-state index >= 15 is 0 Å². The van der Waals surface area contributed by atoms with Crippen molar-refractivity contribution in [2.45, 2.75) is 31.0 Å². The van der Waals surface area contributed by atoms with E-state index in [1.807, 2.05) is 6.07 Å². The maximum absolute atomic E-state index is 11.1. The molecular weight excluding hydrogens is 306 g/mol. The van der Waals surface area contributed by atoms with Gasteiger partial charge >= 0.3 is 5.97 Å². The zero-order chi connectivity index (χ0) is 16.8. The van der Waals surface area contributed by atoms with E-state index in [1.54, 1.807) is 6.07 Å². The highest BCUT2D eigenvalue weighted by Gasteiger charge is 2.59. The minimum atomic E-state index is -1.98. The molecule has 0 radical (unpaired) electrons. The minimum absolute atomic E-state index is 0.130. The van der Waals surface area contributed by atoms with E-state index < -0.39 is 30.1 Å². The standard InChI is InChI=1S/C13H13N5O5/c1-6(19)22-12-9(20)10(21)13(4-14,23-12)8-3-2-7-11(15)16-5-17-18(7)8/h2-3,5,9-10,12,20-21H,1H3,(H2,15,16,17)/t9-,10+,12-,13-/m0/s1. The molecule has 0 bridgehead atoms. The zero-order valence-electron chi connectivity index (χ0n) is 11.9. The van der Waals surface area contributed by atoms with Gasteiger partial charge in [0.2, 0.25) is 11.9 Å². The van der Waals surface area contributed by atoms with Crippen molar-refractivity contribution in [3.8, 4) is 6.07 Å². The van der Waals surface area contributed by atoms with E-state index in [0.717, 1.165) is 6.92 Å². The van der Waals surface area contributed by atoms with Crippen molar-refractivity contribution in [2.75, 3.05) is 5.73 Å². The van der Waals surface area contributed by atoms with Gasteiger partial charge in [0.05, 0.1) is 5.69 Å². The first-order chi connectivity index (χ1) is 10.9. The summed E-state index contributed by atoms with van der Waals surface area (Å²) in [6, 6.07) is 4.84. The topological polar surface area (TPSA) is 156 Å². The van der Waals surface area contributed by atoms with E-state index in [1.165, 1.54) is 16.9 Å². The highest BCUT2D eigenvalue weighted by Crippen LogP contribution is 2.40. The van der Waals surface area contributed by atoms with Gasteiger partial charge in [-0.25, -0.2) is 9.50 Å². The minimum Gasteiger partial charge on any atom is -0.433 e. The average Bonchev–Trinajstić information content (AvgIpc) is 3.04. The van der Waals surface area contributed by atoms with Crippen LogP contribution < -0.4 is 5.73 Å². The number of aliphatic hydroxyl groups is 2. The van der Waals surface area contributed by atoms with Crippen LogP contribution in [0.25, 0.3) is 5.52 Å². The summed E-state index contributed by atoms with van der Waals surface area (Å²) in [7, 11) is 0. The fraction of sp³-hybridized carbons (Fsp3) is 0.385. The van der Waals surface area contributed by atoms with E-state index in [9.17, 15) is 20.3 Å². The molecule has 3 rings (SSSR count). The summed E-state index contributed by atoms with van der Waals surface area (Å²) in [5, 5.41) is 33.9. The number of aliphatic hydroxyl groups excluding tert-OH is 2. The van der Waals surface area contributed by atoms with Crippen LogP contribution in [-0.2, 0) is 19.9 Å². The molecule has 2 aromatic heterocycles. The van der Waals surface area contributed by atoms with Gasteiger partial charge in [-0.05, 0) is 12.1 Å². The van der Waals surface area contributed by atoms with E-state index in [4.69, 9.17) is 15.2 Å². The fourth-order valence-electron chi connectivity index (χ4n) is 2.56. The molecule has 10 heteroatoms. The lowest BCUT2D eigenvalue weighted by Gasteiger charge is -2.23. The average molecular weight is 319 g/mol. The summed E-state index contributed by atoms with van der Waals surface area (Å²) in [6.07, 6.45) is -3.56. The molecule has 1 fully saturated rings. The second-order valence-electron chi connectivity index (χ2n) is 5.04. The van der Waals surface area contributed by atoms with Crippen molar-refractivity contribution in [1.29, 1.82) is 5.26 Å². The van der Waals surface area contributed by atoms with Crippen LogP contribution in [0.5, 0.6) is 0 Å². The molecule has 120 valence electrons. The predicted octanol–water partition coefficient (Wildman–Crippen LogP) is -1.33. The Morgan fingerprint density at radius 1 is 1.57 bits per heavy atom. The number of nitrogens with zero attached hydrogens (tertiary/aromatic N) is 4. The Balaban J connectivity index is 2.12. The first-order valence-electron chi connectivity index (χ1n) is 6.62. The van der Waals surface area contributed by atoms with E-state index in [0.29, 0.717) is 5.52 Å². The monoisotopic (exact) mass is 319 g/mol. The van der Waals surface area contributed by atoms with Crippen molar-refractivity contribution < 1.29 is 24.5 Å². The number of anilines is 1. The molecular formula is C13H13N5O5. The molecule has 10 nitrogen and oxygen atoms in total. The molecule has 23 heavy (non-hydrogen) atoms. The zero-order valence-corrected chi connectivity index (χ0v) is 11.9. The van der Waals surface area contributed by atoms with Crippen molar-refractivity contribution in [3.63, 3.8) is 0 Å². The number of rotatable bonds is 2. The summed E-state index contributed by atoms with van der Waals surface area (Å²) >= 11 is 0. The normalized spacial score (nSPS) is 30.3. The van der Waals surface area contributed by atoms with Crippen LogP contribution in [0.3, 0.4) is 0 Å². The second kappa shape index (κ2) is 5.17. The third kappa shape index (κ3) is 2.10. The van der Waals surface area contributed by atoms with Gasteiger partial charge in [-0.2, -0.15) is 10.4 Å². The van der Waals surface area contributed by atoms with Gasteiger partial charge in [0.15, 0.2) is 5.82 Å². The van der Waals surface area contributed by atoms with Gasteiger partial charge in [-0.15, -0.1) is 0 Å². The Labute approximate surface area is 129 Å². The van der Waals surface area contributed by atoms with Gasteiger partial charge in [0.25, 0.3) is 0 Å². The number of fused-ring (bicyclic) bond motifs is 1. The molecule has 0 unspecified atom stereocenters.